The van der Waals surface area contributed by atoms with Gasteiger partial charge < -0.3 is 20.4 Å². The standard InChI is InChI=1S/C21H29N5O3/c1-14-6-3-4-12-25(14)20(29)15(2)26-13-10-21(9-8-17(26)27)23-18-16(19(28)24-21)7-5-11-22-18/h5,7,11,14-15H,3-4,6,8-10,12-13H2,1-2H3,(H,22,23)(H,24,28). The van der Waals surface area contributed by atoms with Crippen molar-refractivity contribution in [1.82, 2.24) is 20.1 Å². The second-order valence-corrected chi connectivity index (χ2v) is 8.45. The minimum atomic E-state index is -0.718. The van der Waals surface area contributed by atoms with Crippen LogP contribution in [0.15, 0.2) is 18.3 Å². The molecule has 3 unspecified atom stereocenters. The Morgan fingerprint density at radius 1 is 1.24 bits per heavy atom. The fraction of sp³-hybridized carbons (Fsp3) is 0.619. The summed E-state index contributed by atoms with van der Waals surface area (Å²) in [6.07, 6.45) is 6.07. The van der Waals surface area contributed by atoms with Gasteiger partial charge in [0.1, 0.15) is 17.5 Å². The van der Waals surface area contributed by atoms with Gasteiger partial charge in [0, 0.05) is 38.2 Å². The van der Waals surface area contributed by atoms with E-state index in [2.05, 4.69) is 22.5 Å². The van der Waals surface area contributed by atoms with Gasteiger partial charge in [0.15, 0.2) is 0 Å². The first-order valence-electron chi connectivity index (χ1n) is 10.6. The topological polar surface area (TPSA) is 94.6 Å². The number of carbonyl (C=O) groups is 3. The maximum Gasteiger partial charge on any atom is 0.256 e. The van der Waals surface area contributed by atoms with E-state index in [9.17, 15) is 14.4 Å². The smallest absolute Gasteiger partial charge is 0.256 e. The summed E-state index contributed by atoms with van der Waals surface area (Å²) >= 11 is 0. The second-order valence-electron chi connectivity index (χ2n) is 8.45. The molecule has 2 N–H and O–H groups in total. The summed E-state index contributed by atoms with van der Waals surface area (Å²) < 4.78 is 0. The Bertz CT molecular complexity index is 828. The van der Waals surface area contributed by atoms with Crippen molar-refractivity contribution in [3.8, 4) is 0 Å². The van der Waals surface area contributed by atoms with Crippen LogP contribution >= 0.6 is 0 Å². The molecule has 8 heteroatoms. The Balaban J connectivity index is 1.49. The normalized spacial score (nSPS) is 28.3. The zero-order valence-electron chi connectivity index (χ0n) is 17.1. The van der Waals surface area contributed by atoms with Gasteiger partial charge in [0.05, 0.1) is 5.56 Å². The van der Waals surface area contributed by atoms with Crippen LogP contribution < -0.4 is 10.6 Å². The molecular formula is C21H29N5O3. The Morgan fingerprint density at radius 2 is 2.07 bits per heavy atom. The lowest BCUT2D eigenvalue weighted by molar-refractivity contribution is -0.147. The average Bonchev–Trinajstić information content (AvgIpc) is 2.87. The zero-order valence-corrected chi connectivity index (χ0v) is 17.1. The number of anilines is 1. The van der Waals surface area contributed by atoms with Crippen LogP contribution in [0.3, 0.4) is 0 Å². The molecule has 3 aliphatic heterocycles. The molecule has 0 bridgehead atoms. The second kappa shape index (κ2) is 7.65. The maximum atomic E-state index is 13.1. The highest BCUT2D eigenvalue weighted by Crippen LogP contribution is 2.31. The van der Waals surface area contributed by atoms with E-state index in [4.69, 9.17) is 0 Å². The first-order chi connectivity index (χ1) is 13.9. The quantitative estimate of drug-likeness (QED) is 0.790. The van der Waals surface area contributed by atoms with Crippen molar-refractivity contribution in [3.63, 3.8) is 0 Å². The van der Waals surface area contributed by atoms with E-state index in [1.165, 1.54) is 0 Å². The third kappa shape index (κ3) is 3.68. The highest BCUT2D eigenvalue weighted by Gasteiger charge is 2.43. The highest BCUT2D eigenvalue weighted by atomic mass is 16.2. The van der Waals surface area contributed by atoms with Crippen LogP contribution in [0.5, 0.6) is 0 Å². The lowest BCUT2D eigenvalue weighted by atomic mass is 9.97. The predicted molar refractivity (Wildman–Crippen MR) is 108 cm³/mol. The summed E-state index contributed by atoms with van der Waals surface area (Å²) in [5, 5.41) is 6.39. The van der Waals surface area contributed by atoms with Crippen LogP contribution in [0.25, 0.3) is 0 Å². The van der Waals surface area contributed by atoms with Crippen LogP contribution in [0, 0.1) is 0 Å². The average molecular weight is 399 g/mol. The van der Waals surface area contributed by atoms with Crippen molar-refractivity contribution >= 4 is 23.5 Å². The summed E-state index contributed by atoms with van der Waals surface area (Å²) in [5.74, 6) is 0.340. The number of pyridine rings is 1. The molecule has 0 aromatic carbocycles. The van der Waals surface area contributed by atoms with E-state index in [-0.39, 0.29) is 30.2 Å². The van der Waals surface area contributed by atoms with Crippen molar-refractivity contribution in [2.75, 3.05) is 18.4 Å². The monoisotopic (exact) mass is 399 g/mol. The van der Waals surface area contributed by atoms with Crippen molar-refractivity contribution in [2.45, 2.75) is 70.1 Å². The molecule has 2 fully saturated rings. The molecule has 0 saturated carbocycles. The SMILES string of the molecule is CC1CCCCN1C(=O)C(C)N1CCC2(CCC1=O)NC(=O)c1cccnc1N2. The van der Waals surface area contributed by atoms with Crippen LogP contribution in [0.4, 0.5) is 5.82 Å². The summed E-state index contributed by atoms with van der Waals surface area (Å²) in [6.45, 7) is 5.07. The number of rotatable bonds is 2. The van der Waals surface area contributed by atoms with Gasteiger partial charge in [0.25, 0.3) is 5.91 Å². The maximum absolute atomic E-state index is 13.1. The molecular weight excluding hydrogens is 370 g/mol. The van der Waals surface area contributed by atoms with E-state index in [0.717, 1.165) is 25.8 Å². The number of carbonyl (C=O) groups excluding carboxylic acids is 3. The molecule has 29 heavy (non-hydrogen) atoms. The Kier molecular flexibility index (Phi) is 5.19. The number of piperidine rings is 1. The molecule has 3 atom stereocenters. The van der Waals surface area contributed by atoms with Crippen LogP contribution in [0.2, 0.25) is 0 Å². The fourth-order valence-corrected chi connectivity index (χ4v) is 4.71. The van der Waals surface area contributed by atoms with Crippen molar-refractivity contribution in [3.05, 3.63) is 23.9 Å². The van der Waals surface area contributed by atoms with E-state index in [1.807, 2.05) is 11.8 Å². The summed E-state index contributed by atoms with van der Waals surface area (Å²) in [6, 6.07) is 3.18. The lowest BCUT2D eigenvalue weighted by Crippen LogP contribution is -2.58. The van der Waals surface area contributed by atoms with E-state index in [1.54, 1.807) is 23.2 Å². The molecule has 0 aliphatic carbocycles. The molecule has 156 valence electrons. The van der Waals surface area contributed by atoms with Crippen molar-refractivity contribution < 1.29 is 14.4 Å². The third-order valence-corrected chi connectivity index (χ3v) is 6.54. The Labute approximate surface area is 171 Å². The van der Waals surface area contributed by atoms with E-state index in [0.29, 0.717) is 30.8 Å². The first kappa shape index (κ1) is 19.7. The molecule has 4 rings (SSSR count). The van der Waals surface area contributed by atoms with E-state index < -0.39 is 11.7 Å². The molecule has 1 spiro atoms. The van der Waals surface area contributed by atoms with Crippen LogP contribution in [-0.4, -0.2) is 63.3 Å². The number of hydrogen-bond donors (Lipinski definition) is 2. The third-order valence-electron chi connectivity index (χ3n) is 6.54. The minimum Gasteiger partial charge on any atom is -0.347 e. The number of aromatic nitrogens is 1. The molecule has 0 radical (unpaired) electrons. The van der Waals surface area contributed by atoms with Gasteiger partial charge in [-0.25, -0.2) is 4.98 Å². The number of hydrogen-bond acceptors (Lipinski definition) is 5. The molecule has 3 amide bonds. The Hall–Kier alpha value is -2.64. The fourth-order valence-electron chi connectivity index (χ4n) is 4.71. The van der Waals surface area contributed by atoms with Gasteiger partial charge in [-0.1, -0.05) is 0 Å². The Morgan fingerprint density at radius 3 is 2.86 bits per heavy atom. The predicted octanol–water partition coefficient (Wildman–Crippen LogP) is 1.74. The molecule has 2 saturated heterocycles. The van der Waals surface area contributed by atoms with Gasteiger partial charge >= 0.3 is 0 Å². The molecule has 4 heterocycles. The van der Waals surface area contributed by atoms with Crippen molar-refractivity contribution in [2.24, 2.45) is 0 Å². The molecule has 1 aromatic heterocycles. The lowest BCUT2D eigenvalue weighted by Gasteiger charge is -2.40. The molecule has 8 nitrogen and oxygen atoms in total. The first-order valence-corrected chi connectivity index (χ1v) is 10.6. The van der Waals surface area contributed by atoms with Gasteiger partial charge in [-0.15, -0.1) is 0 Å². The number of fused-ring (bicyclic) bond motifs is 1. The minimum absolute atomic E-state index is 0.0224. The number of nitrogens with zero attached hydrogens (tertiary/aromatic N) is 3. The van der Waals surface area contributed by atoms with Gasteiger partial charge in [-0.2, -0.15) is 0 Å². The number of nitrogens with one attached hydrogen (secondary N) is 2. The summed E-state index contributed by atoms with van der Waals surface area (Å²) in [7, 11) is 0. The number of likely N-dealkylation sites (tertiary alicyclic amines) is 2. The van der Waals surface area contributed by atoms with Crippen LogP contribution in [-0.2, 0) is 9.59 Å². The van der Waals surface area contributed by atoms with Crippen LogP contribution in [0.1, 0.15) is 62.7 Å². The molecule has 1 aromatic rings. The van der Waals surface area contributed by atoms with Crippen molar-refractivity contribution in [1.29, 1.82) is 0 Å². The summed E-state index contributed by atoms with van der Waals surface area (Å²) in [4.78, 5) is 46.4. The molecule has 3 aliphatic rings. The van der Waals surface area contributed by atoms with Gasteiger partial charge in [-0.3, -0.25) is 14.4 Å². The zero-order chi connectivity index (χ0) is 20.6. The van der Waals surface area contributed by atoms with E-state index >= 15 is 0 Å². The summed E-state index contributed by atoms with van der Waals surface area (Å²) in [5.41, 5.74) is -0.211. The van der Waals surface area contributed by atoms with Gasteiger partial charge in [-0.05, 0) is 51.7 Å². The van der Waals surface area contributed by atoms with Gasteiger partial charge in [0.2, 0.25) is 11.8 Å². The largest absolute Gasteiger partial charge is 0.347 e. The number of amides is 3. The highest BCUT2D eigenvalue weighted by molar-refractivity contribution is 6.01.